The molecule has 136 valence electrons. The van der Waals surface area contributed by atoms with Gasteiger partial charge in [-0.25, -0.2) is 8.42 Å². The van der Waals surface area contributed by atoms with Crippen molar-refractivity contribution in [1.29, 1.82) is 0 Å². The number of carbonyl (C=O) groups excluding carboxylic acids is 1. The van der Waals surface area contributed by atoms with Gasteiger partial charge in [0.15, 0.2) is 0 Å². The van der Waals surface area contributed by atoms with E-state index in [1.807, 2.05) is 0 Å². The summed E-state index contributed by atoms with van der Waals surface area (Å²) in [6, 6.07) is 5.48. The van der Waals surface area contributed by atoms with Gasteiger partial charge in [-0.1, -0.05) is 13.8 Å². The van der Waals surface area contributed by atoms with Gasteiger partial charge in [-0.05, 0) is 18.2 Å². The van der Waals surface area contributed by atoms with Crippen LogP contribution in [0.3, 0.4) is 0 Å². The van der Waals surface area contributed by atoms with E-state index in [1.54, 1.807) is 13.8 Å². The molecule has 0 aliphatic rings. The van der Waals surface area contributed by atoms with Gasteiger partial charge in [-0.2, -0.15) is 4.31 Å². The lowest BCUT2D eigenvalue weighted by molar-refractivity contribution is 0.0956. The number of sulfonamides is 1. The molecular weight excluding hydrogens is 344 g/mol. The molecule has 2 aromatic rings. The molecule has 0 saturated carbocycles. The number of H-pyrrole nitrogens is 1. The van der Waals surface area contributed by atoms with Gasteiger partial charge in [0.05, 0.1) is 10.5 Å². The second kappa shape index (κ2) is 7.77. The third-order valence-corrected chi connectivity index (χ3v) is 5.88. The van der Waals surface area contributed by atoms with Gasteiger partial charge in [-0.15, -0.1) is 0 Å². The fourth-order valence-electron chi connectivity index (χ4n) is 2.57. The lowest BCUT2D eigenvalue weighted by Gasteiger charge is -2.19. The quantitative estimate of drug-likeness (QED) is 0.647. The number of hydrogen-bond acceptors (Lipinski definition) is 5. The molecule has 1 aromatic carbocycles. The fraction of sp³-hybridized carbons (Fsp3) is 0.375. The zero-order valence-electron chi connectivity index (χ0n) is 14.2. The van der Waals surface area contributed by atoms with Crippen LogP contribution in [0.15, 0.2) is 34.0 Å². The number of hydrogen-bond donors (Lipinski definition) is 3. The number of nitrogens with two attached hydrogens (primary N) is 1. The predicted octanol–water partition coefficient (Wildman–Crippen LogP) is 0.247. The third kappa shape index (κ3) is 3.89. The van der Waals surface area contributed by atoms with Crippen molar-refractivity contribution in [3.63, 3.8) is 0 Å². The van der Waals surface area contributed by atoms with E-state index in [0.29, 0.717) is 24.0 Å². The Labute approximate surface area is 146 Å². The summed E-state index contributed by atoms with van der Waals surface area (Å²) in [6.07, 6.45) is 0. The van der Waals surface area contributed by atoms with Crippen molar-refractivity contribution in [2.75, 3.05) is 26.2 Å². The molecule has 1 aromatic heterocycles. The summed E-state index contributed by atoms with van der Waals surface area (Å²) >= 11 is 0. The van der Waals surface area contributed by atoms with Crippen LogP contribution in [0.5, 0.6) is 0 Å². The number of pyridine rings is 1. The number of aromatic amines is 1. The maximum atomic E-state index is 12.7. The highest BCUT2D eigenvalue weighted by Gasteiger charge is 2.23. The van der Waals surface area contributed by atoms with Crippen molar-refractivity contribution in [2.24, 2.45) is 5.73 Å². The molecule has 0 bridgehead atoms. The van der Waals surface area contributed by atoms with Crippen LogP contribution in [0.4, 0.5) is 0 Å². The summed E-state index contributed by atoms with van der Waals surface area (Å²) in [7, 11) is -3.67. The Morgan fingerprint density at radius 1 is 1.24 bits per heavy atom. The van der Waals surface area contributed by atoms with Gasteiger partial charge in [0.2, 0.25) is 15.6 Å². The van der Waals surface area contributed by atoms with Crippen LogP contribution >= 0.6 is 0 Å². The maximum Gasteiger partial charge on any atom is 0.252 e. The molecule has 0 spiro atoms. The Morgan fingerprint density at radius 2 is 1.92 bits per heavy atom. The first-order valence-electron chi connectivity index (χ1n) is 8.00. The number of aromatic nitrogens is 1. The van der Waals surface area contributed by atoms with Crippen LogP contribution in [-0.4, -0.2) is 49.8 Å². The molecule has 2 rings (SSSR count). The highest BCUT2D eigenvalue weighted by atomic mass is 32.2. The second-order valence-electron chi connectivity index (χ2n) is 5.39. The normalized spacial score (nSPS) is 11.8. The predicted molar refractivity (Wildman–Crippen MR) is 96.1 cm³/mol. The summed E-state index contributed by atoms with van der Waals surface area (Å²) < 4.78 is 26.7. The van der Waals surface area contributed by atoms with Crippen LogP contribution in [-0.2, 0) is 10.0 Å². The number of fused-ring (bicyclic) bond motifs is 1. The summed E-state index contributed by atoms with van der Waals surface area (Å²) in [6.45, 7) is 4.70. The Bertz CT molecular complexity index is 933. The van der Waals surface area contributed by atoms with Crippen molar-refractivity contribution >= 4 is 26.8 Å². The van der Waals surface area contributed by atoms with Crippen molar-refractivity contribution in [1.82, 2.24) is 14.6 Å². The summed E-state index contributed by atoms with van der Waals surface area (Å²) in [5.74, 6) is -0.473. The molecule has 1 heterocycles. The zero-order chi connectivity index (χ0) is 18.6. The summed E-state index contributed by atoms with van der Waals surface area (Å²) in [5, 5.41) is 2.96. The third-order valence-electron chi connectivity index (χ3n) is 3.83. The fourth-order valence-corrected chi connectivity index (χ4v) is 4.06. The first kappa shape index (κ1) is 19.1. The van der Waals surface area contributed by atoms with E-state index in [9.17, 15) is 18.0 Å². The Balaban J connectivity index is 2.64. The van der Waals surface area contributed by atoms with E-state index in [4.69, 9.17) is 5.73 Å². The largest absolute Gasteiger partial charge is 0.351 e. The molecule has 0 saturated heterocycles. The number of rotatable bonds is 7. The number of benzene rings is 1. The van der Waals surface area contributed by atoms with Crippen LogP contribution in [0.25, 0.3) is 10.9 Å². The lowest BCUT2D eigenvalue weighted by atomic mass is 10.1. The van der Waals surface area contributed by atoms with E-state index in [2.05, 4.69) is 10.3 Å². The molecule has 0 atom stereocenters. The van der Waals surface area contributed by atoms with Crippen molar-refractivity contribution in [3.05, 3.63) is 40.2 Å². The standard InChI is InChI=1S/C16H22N4O4S/c1-3-20(4-2)25(23,24)11-5-6-14-12(9-11)13(10-15(21)19-14)16(22)18-8-7-17/h5-6,9-10H,3-4,7-8,17H2,1-2H3,(H,18,22)(H,19,21). The topological polar surface area (TPSA) is 125 Å². The van der Waals surface area contributed by atoms with E-state index in [1.165, 1.54) is 22.5 Å². The molecular formula is C16H22N4O4S. The Hall–Kier alpha value is -2.23. The minimum Gasteiger partial charge on any atom is -0.351 e. The van der Waals surface area contributed by atoms with Crippen molar-refractivity contribution in [2.45, 2.75) is 18.7 Å². The van der Waals surface area contributed by atoms with E-state index < -0.39 is 21.5 Å². The molecule has 0 aliphatic carbocycles. The number of amides is 1. The monoisotopic (exact) mass is 366 g/mol. The minimum absolute atomic E-state index is 0.0728. The molecule has 0 aliphatic heterocycles. The van der Waals surface area contributed by atoms with Gasteiger partial charge in [-0.3, -0.25) is 9.59 Å². The van der Waals surface area contributed by atoms with Crippen LogP contribution in [0.2, 0.25) is 0 Å². The van der Waals surface area contributed by atoms with Crippen LogP contribution < -0.4 is 16.6 Å². The number of carbonyl (C=O) groups is 1. The zero-order valence-corrected chi connectivity index (χ0v) is 15.0. The first-order valence-corrected chi connectivity index (χ1v) is 9.44. The Morgan fingerprint density at radius 3 is 2.52 bits per heavy atom. The lowest BCUT2D eigenvalue weighted by Crippen LogP contribution is -2.31. The molecule has 8 nitrogen and oxygen atoms in total. The highest BCUT2D eigenvalue weighted by molar-refractivity contribution is 7.89. The van der Waals surface area contributed by atoms with Gasteiger partial charge < -0.3 is 16.0 Å². The number of nitrogens with zero attached hydrogens (tertiary/aromatic N) is 1. The summed E-state index contributed by atoms with van der Waals surface area (Å²) in [5.41, 5.74) is 5.44. The average molecular weight is 366 g/mol. The molecule has 25 heavy (non-hydrogen) atoms. The highest BCUT2D eigenvalue weighted by Crippen LogP contribution is 2.22. The second-order valence-corrected chi connectivity index (χ2v) is 7.33. The van der Waals surface area contributed by atoms with E-state index >= 15 is 0 Å². The minimum atomic E-state index is -3.67. The van der Waals surface area contributed by atoms with Gasteiger partial charge in [0.1, 0.15) is 0 Å². The maximum absolute atomic E-state index is 12.7. The first-order chi connectivity index (χ1) is 11.8. The van der Waals surface area contributed by atoms with Gasteiger partial charge in [0, 0.05) is 43.1 Å². The smallest absolute Gasteiger partial charge is 0.252 e. The van der Waals surface area contributed by atoms with Gasteiger partial charge in [0.25, 0.3) is 5.91 Å². The average Bonchev–Trinajstić information content (AvgIpc) is 2.59. The molecule has 4 N–H and O–H groups in total. The van der Waals surface area contributed by atoms with E-state index in [-0.39, 0.29) is 23.5 Å². The molecule has 1 amide bonds. The molecule has 9 heteroatoms. The van der Waals surface area contributed by atoms with Gasteiger partial charge >= 0.3 is 0 Å². The van der Waals surface area contributed by atoms with Crippen LogP contribution in [0.1, 0.15) is 24.2 Å². The van der Waals surface area contributed by atoms with Crippen LogP contribution in [0, 0.1) is 0 Å². The number of nitrogens with one attached hydrogen (secondary N) is 2. The molecule has 0 fully saturated rings. The SMILES string of the molecule is CCN(CC)S(=O)(=O)c1ccc2[nH]c(=O)cc(C(=O)NCCN)c2c1. The van der Waals surface area contributed by atoms with E-state index in [0.717, 1.165) is 6.07 Å². The molecule has 0 radical (unpaired) electrons. The Kier molecular flexibility index (Phi) is 5.93. The van der Waals surface area contributed by atoms with Crippen molar-refractivity contribution < 1.29 is 13.2 Å². The summed E-state index contributed by atoms with van der Waals surface area (Å²) in [4.78, 5) is 26.8. The molecule has 0 unspecified atom stereocenters. The van der Waals surface area contributed by atoms with Crippen molar-refractivity contribution in [3.8, 4) is 0 Å².